The van der Waals surface area contributed by atoms with Crippen LogP contribution < -0.4 is 0 Å². The summed E-state index contributed by atoms with van der Waals surface area (Å²) >= 11 is 3.14. The second-order valence-corrected chi connectivity index (χ2v) is 11.1. The van der Waals surface area contributed by atoms with Gasteiger partial charge in [0.15, 0.2) is 0 Å². The highest BCUT2D eigenvalue weighted by Crippen LogP contribution is 2.26. The summed E-state index contributed by atoms with van der Waals surface area (Å²) in [4.78, 5) is 51.4. The van der Waals surface area contributed by atoms with Crippen molar-refractivity contribution in [1.29, 1.82) is 0 Å². The SMILES string of the molecule is CCCCSC1CC(=O)N(CCOCCOCCOCCN2C(=O)CC(SCCCC)C2=O)C1=O. The first-order chi connectivity index (χ1) is 17.0. The van der Waals surface area contributed by atoms with Gasteiger partial charge in [0.05, 0.1) is 63.2 Å². The van der Waals surface area contributed by atoms with Crippen molar-refractivity contribution in [3.63, 3.8) is 0 Å². The van der Waals surface area contributed by atoms with Crippen molar-refractivity contribution in [3.05, 3.63) is 0 Å². The summed E-state index contributed by atoms with van der Waals surface area (Å²) in [7, 11) is 0. The number of hydrogen-bond acceptors (Lipinski definition) is 9. The first-order valence-corrected chi connectivity index (χ1v) is 14.7. The molecule has 0 saturated carbocycles. The van der Waals surface area contributed by atoms with E-state index in [1.807, 2.05) is 0 Å². The molecule has 2 saturated heterocycles. The third kappa shape index (κ3) is 10.4. The average Bonchev–Trinajstić information content (AvgIpc) is 3.26. The second kappa shape index (κ2) is 17.3. The quantitative estimate of drug-likeness (QED) is 0.173. The maximum Gasteiger partial charge on any atom is 0.242 e. The van der Waals surface area contributed by atoms with Crippen molar-refractivity contribution in [1.82, 2.24) is 9.80 Å². The molecule has 2 rings (SSSR count). The molecule has 0 aromatic carbocycles. The number of carbonyl (C=O) groups excluding carboxylic acids is 4. The standard InChI is InChI=1S/C24H40N2O7S2/c1-3-5-15-34-19-17-21(27)25(23(19)29)7-9-31-11-13-33-14-12-32-10-8-26-22(28)18-20(24(26)30)35-16-6-4-2/h19-20H,3-18H2,1-2H3. The summed E-state index contributed by atoms with van der Waals surface area (Å²) in [5, 5.41) is -0.490. The topological polar surface area (TPSA) is 102 Å². The second-order valence-electron chi connectivity index (χ2n) is 8.44. The number of ether oxygens (including phenoxy) is 3. The molecule has 0 aromatic heterocycles. The van der Waals surface area contributed by atoms with Crippen molar-refractivity contribution in [2.24, 2.45) is 0 Å². The van der Waals surface area contributed by atoms with Crippen LogP contribution >= 0.6 is 23.5 Å². The molecule has 200 valence electrons. The van der Waals surface area contributed by atoms with Gasteiger partial charge in [-0.05, 0) is 24.3 Å². The number of thioether (sulfide) groups is 2. The molecule has 0 aromatic rings. The van der Waals surface area contributed by atoms with Crippen molar-refractivity contribution >= 4 is 47.2 Å². The van der Waals surface area contributed by atoms with Crippen LogP contribution in [0.4, 0.5) is 0 Å². The Morgan fingerprint density at radius 2 is 1.03 bits per heavy atom. The van der Waals surface area contributed by atoms with Crippen LogP contribution in [0.3, 0.4) is 0 Å². The monoisotopic (exact) mass is 532 g/mol. The lowest BCUT2D eigenvalue weighted by Crippen LogP contribution is -2.34. The highest BCUT2D eigenvalue weighted by Gasteiger charge is 2.39. The summed E-state index contributed by atoms with van der Waals surface area (Å²) in [6.07, 6.45) is 4.82. The van der Waals surface area contributed by atoms with Crippen molar-refractivity contribution in [3.8, 4) is 0 Å². The Morgan fingerprint density at radius 3 is 1.40 bits per heavy atom. The van der Waals surface area contributed by atoms with Gasteiger partial charge in [0.25, 0.3) is 0 Å². The van der Waals surface area contributed by atoms with Crippen LogP contribution in [0.25, 0.3) is 0 Å². The molecule has 0 bridgehead atoms. The molecule has 9 nitrogen and oxygen atoms in total. The van der Waals surface area contributed by atoms with Crippen LogP contribution in [-0.4, -0.2) is 108 Å². The number of imide groups is 2. The van der Waals surface area contributed by atoms with E-state index in [2.05, 4.69) is 13.8 Å². The smallest absolute Gasteiger partial charge is 0.242 e. The molecule has 2 unspecified atom stereocenters. The van der Waals surface area contributed by atoms with Gasteiger partial charge >= 0.3 is 0 Å². The predicted octanol–water partition coefficient (Wildman–Crippen LogP) is 2.36. The third-order valence-electron chi connectivity index (χ3n) is 5.70. The highest BCUT2D eigenvalue weighted by molar-refractivity contribution is 8.00. The minimum Gasteiger partial charge on any atom is -0.377 e. The number of carbonyl (C=O) groups is 4. The van der Waals surface area contributed by atoms with Crippen LogP contribution in [0.2, 0.25) is 0 Å². The minimum absolute atomic E-state index is 0.101. The van der Waals surface area contributed by atoms with E-state index in [4.69, 9.17) is 14.2 Å². The predicted molar refractivity (Wildman–Crippen MR) is 137 cm³/mol. The van der Waals surface area contributed by atoms with Crippen LogP contribution in [0, 0.1) is 0 Å². The molecule has 35 heavy (non-hydrogen) atoms. The largest absolute Gasteiger partial charge is 0.377 e. The van der Waals surface area contributed by atoms with E-state index in [0.717, 1.165) is 37.2 Å². The van der Waals surface area contributed by atoms with E-state index in [9.17, 15) is 19.2 Å². The van der Waals surface area contributed by atoms with Gasteiger partial charge in [-0.2, -0.15) is 0 Å². The fourth-order valence-electron chi connectivity index (χ4n) is 3.63. The molecule has 11 heteroatoms. The van der Waals surface area contributed by atoms with Gasteiger partial charge in [-0.15, -0.1) is 23.5 Å². The lowest BCUT2D eigenvalue weighted by Gasteiger charge is -2.15. The summed E-state index contributed by atoms with van der Waals surface area (Å²) < 4.78 is 16.4. The van der Waals surface area contributed by atoms with E-state index in [1.54, 1.807) is 23.5 Å². The molecule has 0 N–H and O–H groups in total. The first kappa shape index (κ1) is 30.1. The first-order valence-electron chi connectivity index (χ1n) is 12.6. The van der Waals surface area contributed by atoms with Gasteiger partial charge in [0, 0.05) is 12.8 Å². The molecule has 2 aliphatic rings. The van der Waals surface area contributed by atoms with E-state index in [1.165, 1.54) is 9.80 Å². The Bertz CT molecular complexity index is 639. The summed E-state index contributed by atoms with van der Waals surface area (Å²) in [5.74, 6) is 1.36. The maximum absolute atomic E-state index is 12.3. The zero-order valence-electron chi connectivity index (χ0n) is 21.0. The number of rotatable bonds is 20. The van der Waals surface area contributed by atoms with E-state index in [0.29, 0.717) is 39.6 Å². The number of nitrogens with zero attached hydrogens (tertiary/aromatic N) is 2. The Morgan fingerprint density at radius 1 is 0.657 bits per heavy atom. The molecule has 0 radical (unpaired) electrons. The van der Waals surface area contributed by atoms with Gasteiger partial charge in [-0.1, -0.05) is 26.7 Å². The highest BCUT2D eigenvalue weighted by atomic mass is 32.2. The molecular formula is C24H40N2O7S2. The van der Waals surface area contributed by atoms with Gasteiger partial charge in [-0.25, -0.2) is 0 Å². The fourth-order valence-corrected chi connectivity index (χ4v) is 6.17. The maximum atomic E-state index is 12.3. The Hall–Kier alpha value is -1.14. The van der Waals surface area contributed by atoms with E-state index < -0.39 is 0 Å². The van der Waals surface area contributed by atoms with Crippen LogP contribution in [0.1, 0.15) is 52.4 Å². The minimum atomic E-state index is -0.245. The van der Waals surface area contributed by atoms with E-state index >= 15 is 0 Å². The molecule has 2 atom stereocenters. The van der Waals surface area contributed by atoms with Gasteiger partial charge in [0.2, 0.25) is 23.6 Å². The lowest BCUT2D eigenvalue weighted by molar-refractivity contribution is -0.140. The third-order valence-corrected chi connectivity index (χ3v) is 8.29. The van der Waals surface area contributed by atoms with E-state index in [-0.39, 0.29) is 60.1 Å². The molecule has 0 spiro atoms. The zero-order valence-corrected chi connectivity index (χ0v) is 22.7. The summed E-state index contributed by atoms with van der Waals surface area (Å²) in [5.41, 5.74) is 0. The van der Waals surface area contributed by atoms with Gasteiger partial charge in [0.1, 0.15) is 0 Å². The molecular weight excluding hydrogens is 492 g/mol. The van der Waals surface area contributed by atoms with Crippen LogP contribution in [-0.2, 0) is 33.4 Å². The number of hydrogen-bond donors (Lipinski definition) is 0. The molecule has 2 heterocycles. The normalized spacial score (nSPS) is 20.6. The Kier molecular flexibility index (Phi) is 14.9. The molecule has 4 amide bonds. The fraction of sp³-hybridized carbons (Fsp3) is 0.833. The lowest BCUT2D eigenvalue weighted by atomic mass is 10.3. The van der Waals surface area contributed by atoms with Gasteiger partial charge in [-0.3, -0.25) is 29.0 Å². The number of unbranched alkanes of at least 4 members (excludes halogenated alkanes) is 2. The van der Waals surface area contributed by atoms with Crippen LogP contribution in [0.15, 0.2) is 0 Å². The van der Waals surface area contributed by atoms with Gasteiger partial charge < -0.3 is 14.2 Å². The molecule has 2 aliphatic heterocycles. The summed E-state index contributed by atoms with van der Waals surface area (Å²) in [6.45, 7) is 6.81. The number of likely N-dealkylation sites (tertiary alicyclic amines) is 2. The van der Waals surface area contributed by atoms with Crippen LogP contribution in [0.5, 0.6) is 0 Å². The summed E-state index contributed by atoms with van der Waals surface area (Å²) in [6, 6.07) is 0. The number of amides is 4. The Labute approximate surface area is 217 Å². The molecule has 0 aliphatic carbocycles. The molecule has 2 fully saturated rings. The average molecular weight is 533 g/mol. The van der Waals surface area contributed by atoms with Crippen molar-refractivity contribution in [2.75, 3.05) is 64.2 Å². The zero-order chi connectivity index (χ0) is 25.5. The van der Waals surface area contributed by atoms with Crippen molar-refractivity contribution in [2.45, 2.75) is 62.9 Å². The Balaban J connectivity index is 1.44. The van der Waals surface area contributed by atoms with Crippen molar-refractivity contribution < 1.29 is 33.4 Å².